The molecule has 1 saturated heterocycles. The minimum atomic E-state index is -4.56. The van der Waals surface area contributed by atoms with E-state index in [2.05, 4.69) is 9.97 Å². The molecule has 3 aromatic heterocycles. The van der Waals surface area contributed by atoms with Gasteiger partial charge in [-0.25, -0.2) is 9.97 Å². The van der Waals surface area contributed by atoms with Crippen molar-refractivity contribution in [1.82, 2.24) is 19.4 Å². The molecule has 0 aliphatic carbocycles. The van der Waals surface area contributed by atoms with Crippen LogP contribution in [0.25, 0.3) is 11.0 Å². The molecule has 33 heavy (non-hydrogen) atoms. The Morgan fingerprint density at radius 2 is 1.91 bits per heavy atom. The number of piperidine rings is 1. The summed E-state index contributed by atoms with van der Waals surface area (Å²) < 4.78 is 41.2. The van der Waals surface area contributed by atoms with Crippen LogP contribution in [0.4, 0.5) is 13.2 Å². The molecule has 1 aliphatic heterocycles. The molecular weight excluding hydrogens is 480 g/mol. The van der Waals surface area contributed by atoms with Crippen molar-refractivity contribution in [2.24, 2.45) is 7.05 Å². The number of hydrogen-bond acceptors (Lipinski definition) is 4. The monoisotopic (exact) mass is 500 g/mol. The van der Waals surface area contributed by atoms with Crippen LogP contribution in [0.15, 0.2) is 18.3 Å². The van der Waals surface area contributed by atoms with E-state index in [-0.39, 0.29) is 33.7 Å². The number of hydrogen-bond donors (Lipinski definition) is 1. The normalized spacial score (nSPS) is 15.5. The minimum Gasteiger partial charge on any atom is -0.393 e. The quantitative estimate of drug-likeness (QED) is 0.524. The van der Waals surface area contributed by atoms with Crippen molar-refractivity contribution in [1.29, 1.82) is 0 Å². The van der Waals surface area contributed by atoms with Gasteiger partial charge in [-0.2, -0.15) is 13.2 Å². The number of aryl methyl sites for hydroxylation is 2. The summed E-state index contributed by atoms with van der Waals surface area (Å²) in [5.74, 6) is -0.304. The first-order chi connectivity index (χ1) is 15.5. The summed E-state index contributed by atoms with van der Waals surface area (Å²) in [6.07, 6.45) is -2.54. The van der Waals surface area contributed by atoms with Crippen LogP contribution in [-0.2, 0) is 19.6 Å². The number of aliphatic hydroxyl groups is 1. The van der Waals surface area contributed by atoms with Gasteiger partial charge in [0, 0.05) is 49.4 Å². The maximum atomic E-state index is 13.2. The molecule has 0 unspecified atom stereocenters. The fourth-order valence-corrected chi connectivity index (χ4v) is 4.59. The SMILES string of the molecule is Cc1cc(C(F)(F)F)nc2c1cc(Cc1c(Cl)ncc(C(=O)N3CCC(O)CC3)c1Cl)n2C. The molecule has 0 saturated carbocycles. The van der Waals surface area contributed by atoms with Crippen molar-refractivity contribution < 1.29 is 23.1 Å². The standard InChI is InChI=1S/C22H21Cl2F3N4O2/c1-11-7-17(22(25,26)27)29-20-14(11)8-12(30(20)2)9-15-18(23)16(10-28-19(15)24)21(33)31-5-3-13(32)4-6-31/h7-8,10,13,32H,3-6,9H2,1-2H3. The van der Waals surface area contributed by atoms with Crippen LogP contribution >= 0.6 is 23.2 Å². The maximum Gasteiger partial charge on any atom is 0.433 e. The second-order valence-electron chi connectivity index (χ2n) is 8.21. The van der Waals surface area contributed by atoms with Gasteiger partial charge in [0.15, 0.2) is 0 Å². The van der Waals surface area contributed by atoms with Crippen molar-refractivity contribution in [3.05, 3.63) is 56.6 Å². The number of carbonyl (C=O) groups is 1. The van der Waals surface area contributed by atoms with Gasteiger partial charge in [-0.05, 0) is 37.5 Å². The van der Waals surface area contributed by atoms with Crippen molar-refractivity contribution in [3.63, 3.8) is 0 Å². The third-order valence-electron chi connectivity index (χ3n) is 5.99. The average molecular weight is 501 g/mol. The lowest BCUT2D eigenvalue weighted by Crippen LogP contribution is -2.40. The van der Waals surface area contributed by atoms with Crippen LogP contribution in [0, 0.1) is 6.92 Å². The molecule has 1 fully saturated rings. The molecule has 4 rings (SSSR count). The molecule has 1 aliphatic rings. The van der Waals surface area contributed by atoms with Crippen molar-refractivity contribution in [2.45, 2.75) is 38.5 Å². The van der Waals surface area contributed by atoms with Gasteiger partial charge in [0.1, 0.15) is 16.5 Å². The summed E-state index contributed by atoms with van der Waals surface area (Å²) >= 11 is 12.9. The highest BCUT2D eigenvalue weighted by molar-refractivity contribution is 6.37. The lowest BCUT2D eigenvalue weighted by molar-refractivity contribution is -0.141. The van der Waals surface area contributed by atoms with Gasteiger partial charge in [0.05, 0.1) is 16.7 Å². The van der Waals surface area contributed by atoms with E-state index in [9.17, 15) is 23.1 Å². The summed E-state index contributed by atoms with van der Waals surface area (Å²) in [5, 5.41) is 10.5. The van der Waals surface area contributed by atoms with E-state index >= 15 is 0 Å². The van der Waals surface area contributed by atoms with Crippen molar-refractivity contribution >= 4 is 40.1 Å². The Kier molecular flexibility index (Phi) is 6.32. The average Bonchev–Trinajstić information content (AvgIpc) is 3.07. The van der Waals surface area contributed by atoms with Crippen LogP contribution in [0.1, 0.15) is 45.7 Å². The summed E-state index contributed by atoms with van der Waals surface area (Å²) in [4.78, 5) is 22.5. The van der Waals surface area contributed by atoms with Crippen molar-refractivity contribution in [2.75, 3.05) is 13.1 Å². The van der Waals surface area contributed by atoms with Gasteiger partial charge in [0.25, 0.3) is 5.91 Å². The number of nitrogens with zero attached hydrogens (tertiary/aromatic N) is 4. The molecule has 1 N–H and O–H groups in total. The summed E-state index contributed by atoms with van der Waals surface area (Å²) in [6, 6.07) is 2.76. The van der Waals surface area contributed by atoms with E-state index in [1.807, 2.05) is 0 Å². The van der Waals surface area contributed by atoms with E-state index < -0.39 is 18.0 Å². The molecule has 4 heterocycles. The van der Waals surface area contributed by atoms with E-state index in [1.54, 1.807) is 29.5 Å². The third-order valence-corrected chi connectivity index (χ3v) is 6.75. The Labute approximate surface area is 197 Å². The second kappa shape index (κ2) is 8.77. The summed E-state index contributed by atoms with van der Waals surface area (Å²) in [5.41, 5.74) is 0.895. The first-order valence-electron chi connectivity index (χ1n) is 10.3. The number of likely N-dealkylation sites (tertiary alicyclic amines) is 1. The van der Waals surface area contributed by atoms with Crippen LogP contribution < -0.4 is 0 Å². The highest BCUT2D eigenvalue weighted by atomic mass is 35.5. The first kappa shape index (κ1) is 23.8. The van der Waals surface area contributed by atoms with Gasteiger partial charge in [0.2, 0.25) is 0 Å². The van der Waals surface area contributed by atoms with Gasteiger partial charge in [-0.15, -0.1) is 0 Å². The molecule has 0 bridgehead atoms. The minimum absolute atomic E-state index is 0.108. The van der Waals surface area contributed by atoms with Crippen molar-refractivity contribution in [3.8, 4) is 0 Å². The second-order valence-corrected chi connectivity index (χ2v) is 8.95. The van der Waals surface area contributed by atoms with Gasteiger partial charge >= 0.3 is 6.18 Å². The maximum absolute atomic E-state index is 13.2. The molecule has 1 amide bonds. The number of carbonyl (C=O) groups excluding carboxylic acids is 1. The number of pyridine rings is 2. The zero-order chi connectivity index (χ0) is 24.1. The molecule has 0 atom stereocenters. The van der Waals surface area contributed by atoms with Gasteiger partial charge in [-0.1, -0.05) is 23.2 Å². The highest BCUT2D eigenvalue weighted by Gasteiger charge is 2.33. The molecule has 0 radical (unpaired) electrons. The third kappa shape index (κ3) is 4.54. The predicted molar refractivity (Wildman–Crippen MR) is 119 cm³/mol. The fourth-order valence-electron chi connectivity index (χ4n) is 4.04. The number of halogens is 5. The largest absolute Gasteiger partial charge is 0.433 e. The summed E-state index contributed by atoms with van der Waals surface area (Å²) in [6.45, 7) is 2.41. The Bertz CT molecular complexity index is 1230. The number of fused-ring (bicyclic) bond motifs is 1. The van der Waals surface area contributed by atoms with Crippen LogP contribution in [0.3, 0.4) is 0 Å². The van der Waals surface area contributed by atoms with E-state index in [4.69, 9.17) is 23.2 Å². The molecule has 176 valence electrons. The Hall–Kier alpha value is -2.36. The lowest BCUT2D eigenvalue weighted by Gasteiger charge is -2.30. The van der Waals surface area contributed by atoms with Gasteiger partial charge in [-0.3, -0.25) is 4.79 Å². The number of rotatable bonds is 3. The molecule has 0 spiro atoms. The Morgan fingerprint density at radius 1 is 1.24 bits per heavy atom. The van der Waals surface area contributed by atoms with E-state index in [0.717, 1.165) is 6.07 Å². The van der Waals surface area contributed by atoms with Crippen LogP contribution in [-0.4, -0.2) is 49.6 Å². The highest BCUT2D eigenvalue weighted by Crippen LogP contribution is 2.34. The molecular formula is C22H21Cl2F3N4O2. The number of amides is 1. The molecule has 6 nitrogen and oxygen atoms in total. The molecule has 0 aromatic carbocycles. The topological polar surface area (TPSA) is 71.2 Å². The number of aromatic nitrogens is 3. The Morgan fingerprint density at radius 3 is 2.55 bits per heavy atom. The number of alkyl halides is 3. The molecule has 11 heteroatoms. The first-order valence-corrected chi connectivity index (χ1v) is 11.1. The number of aliphatic hydroxyl groups excluding tert-OH is 1. The summed E-state index contributed by atoms with van der Waals surface area (Å²) in [7, 11) is 1.62. The predicted octanol–water partition coefficient (Wildman–Crippen LogP) is 4.79. The van der Waals surface area contributed by atoms with E-state index in [1.165, 1.54) is 6.20 Å². The van der Waals surface area contributed by atoms with Crippen LogP contribution in [0.5, 0.6) is 0 Å². The lowest BCUT2D eigenvalue weighted by atomic mass is 10.1. The van der Waals surface area contributed by atoms with Crippen LogP contribution in [0.2, 0.25) is 10.2 Å². The zero-order valence-corrected chi connectivity index (χ0v) is 19.4. The van der Waals surface area contributed by atoms with Gasteiger partial charge < -0.3 is 14.6 Å². The van der Waals surface area contributed by atoms with E-state index in [0.29, 0.717) is 48.1 Å². The zero-order valence-electron chi connectivity index (χ0n) is 17.9. The smallest absolute Gasteiger partial charge is 0.393 e. The fraction of sp³-hybridized carbons (Fsp3) is 0.409. The Balaban J connectivity index is 1.71. The molecule has 3 aromatic rings.